The van der Waals surface area contributed by atoms with Crippen LogP contribution in [0.1, 0.15) is 18.1 Å². The molecule has 0 nitrogen and oxygen atoms in total. The second-order valence-electron chi connectivity index (χ2n) is 6.57. The first-order valence-corrected chi connectivity index (χ1v) is 9.31. The number of aryl methyl sites for hydroxylation is 1. The SMILES string of the molecule is CCc1ccc(-c2ccc(-c3ccc(/C=C(\Cl)C(F)(F)F)c(F)c3)c(F)c2F)cc1. The number of halogens is 7. The van der Waals surface area contributed by atoms with Gasteiger partial charge in [0.2, 0.25) is 0 Å². The smallest absolute Gasteiger partial charge is 0.206 e. The fourth-order valence-corrected chi connectivity index (χ4v) is 3.06. The Morgan fingerprint density at radius 3 is 1.87 bits per heavy atom. The number of alkyl halides is 3. The molecule has 3 aromatic carbocycles. The van der Waals surface area contributed by atoms with E-state index in [9.17, 15) is 26.3 Å². The van der Waals surface area contributed by atoms with Crippen molar-refractivity contribution in [3.63, 3.8) is 0 Å². The predicted octanol–water partition coefficient (Wildman–Crippen LogP) is 8.14. The maximum Gasteiger partial charge on any atom is 0.426 e. The van der Waals surface area contributed by atoms with Crippen molar-refractivity contribution in [2.45, 2.75) is 19.5 Å². The first-order valence-electron chi connectivity index (χ1n) is 8.93. The van der Waals surface area contributed by atoms with Gasteiger partial charge in [0.05, 0.1) is 0 Å². The minimum Gasteiger partial charge on any atom is -0.206 e. The summed E-state index contributed by atoms with van der Waals surface area (Å²) in [6.07, 6.45) is -3.57. The number of hydrogen-bond acceptors (Lipinski definition) is 0. The standard InChI is InChI=1S/C23H15ClF6/c1-2-13-3-5-14(6-4-13)17-9-10-18(22(27)21(17)26)15-7-8-16(19(25)11-15)12-20(24)23(28,29)30/h3-12H,2H2,1H3/b20-12-. The van der Waals surface area contributed by atoms with Crippen LogP contribution in [0.4, 0.5) is 26.3 Å². The van der Waals surface area contributed by atoms with Crippen molar-refractivity contribution in [2.24, 2.45) is 0 Å². The number of benzene rings is 3. The van der Waals surface area contributed by atoms with Crippen LogP contribution in [-0.4, -0.2) is 6.18 Å². The van der Waals surface area contributed by atoms with Gasteiger partial charge in [-0.3, -0.25) is 0 Å². The molecule has 3 aromatic rings. The van der Waals surface area contributed by atoms with Gasteiger partial charge in [0.15, 0.2) is 11.6 Å². The number of hydrogen-bond donors (Lipinski definition) is 0. The molecular weight excluding hydrogens is 426 g/mol. The Balaban J connectivity index is 1.98. The van der Waals surface area contributed by atoms with Gasteiger partial charge in [-0.1, -0.05) is 67.1 Å². The summed E-state index contributed by atoms with van der Waals surface area (Å²) in [4.78, 5) is 0. The van der Waals surface area contributed by atoms with Gasteiger partial charge in [-0.05, 0) is 35.3 Å². The van der Waals surface area contributed by atoms with Crippen molar-refractivity contribution in [3.05, 3.63) is 88.2 Å². The van der Waals surface area contributed by atoms with Gasteiger partial charge in [-0.15, -0.1) is 0 Å². The summed E-state index contributed by atoms with van der Waals surface area (Å²) in [5.74, 6) is -3.32. The molecule has 0 fully saturated rings. The van der Waals surface area contributed by atoms with Gasteiger partial charge < -0.3 is 0 Å². The van der Waals surface area contributed by atoms with Crippen LogP contribution in [0.25, 0.3) is 28.3 Å². The molecule has 0 saturated heterocycles. The van der Waals surface area contributed by atoms with E-state index in [-0.39, 0.29) is 16.7 Å². The van der Waals surface area contributed by atoms with Crippen LogP contribution >= 0.6 is 11.6 Å². The van der Waals surface area contributed by atoms with Crippen molar-refractivity contribution in [3.8, 4) is 22.3 Å². The highest BCUT2D eigenvalue weighted by Crippen LogP contribution is 2.34. The summed E-state index contributed by atoms with van der Waals surface area (Å²) in [7, 11) is 0. The van der Waals surface area contributed by atoms with E-state index in [0.717, 1.165) is 24.1 Å². The van der Waals surface area contributed by atoms with E-state index in [0.29, 0.717) is 11.6 Å². The van der Waals surface area contributed by atoms with Crippen molar-refractivity contribution in [2.75, 3.05) is 0 Å². The lowest BCUT2D eigenvalue weighted by molar-refractivity contribution is -0.0836. The Kier molecular flexibility index (Phi) is 6.27. The molecule has 0 spiro atoms. The number of allylic oxidation sites excluding steroid dienone is 1. The first kappa shape index (κ1) is 22.0. The summed E-state index contributed by atoms with van der Waals surface area (Å²) in [6.45, 7) is 1.97. The van der Waals surface area contributed by atoms with Gasteiger partial charge in [-0.25, -0.2) is 13.2 Å². The summed E-state index contributed by atoms with van der Waals surface area (Å²) >= 11 is 5.12. The largest absolute Gasteiger partial charge is 0.426 e. The number of rotatable bonds is 4. The van der Waals surface area contributed by atoms with E-state index in [1.165, 1.54) is 18.2 Å². The Labute approximate surface area is 174 Å². The molecule has 0 N–H and O–H groups in total. The molecule has 30 heavy (non-hydrogen) atoms. The highest BCUT2D eigenvalue weighted by Gasteiger charge is 2.32. The minimum absolute atomic E-state index is 0.0166. The highest BCUT2D eigenvalue weighted by molar-refractivity contribution is 6.32. The third kappa shape index (κ3) is 4.54. The fraction of sp³-hybridized carbons (Fsp3) is 0.130. The normalized spacial score (nSPS) is 12.3. The van der Waals surface area contributed by atoms with Gasteiger partial charge in [0.25, 0.3) is 0 Å². The van der Waals surface area contributed by atoms with Crippen molar-refractivity contribution >= 4 is 17.7 Å². The first-order chi connectivity index (χ1) is 14.1. The zero-order valence-electron chi connectivity index (χ0n) is 15.6. The molecule has 0 saturated carbocycles. The van der Waals surface area contributed by atoms with Crippen LogP contribution in [-0.2, 0) is 6.42 Å². The van der Waals surface area contributed by atoms with Crippen molar-refractivity contribution in [1.29, 1.82) is 0 Å². The Bertz CT molecular complexity index is 1100. The van der Waals surface area contributed by atoms with Crippen LogP contribution in [0.3, 0.4) is 0 Å². The summed E-state index contributed by atoms with van der Waals surface area (Å²) in [6, 6.07) is 12.7. The van der Waals surface area contributed by atoms with Gasteiger partial charge in [-0.2, -0.15) is 13.2 Å². The molecule has 0 atom stereocenters. The van der Waals surface area contributed by atoms with Crippen LogP contribution in [0, 0.1) is 17.5 Å². The highest BCUT2D eigenvalue weighted by atomic mass is 35.5. The van der Waals surface area contributed by atoms with E-state index < -0.39 is 34.2 Å². The Morgan fingerprint density at radius 1 is 0.833 bits per heavy atom. The summed E-state index contributed by atoms with van der Waals surface area (Å²) in [5.41, 5.74) is 0.940. The Morgan fingerprint density at radius 2 is 1.37 bits per heavy atom. The Hall–Kier alpha value is -2.73. The van der Waals surface area contributed by atoms with Crippen LogP contribution in [0.2, 0.25) is 0 Å². The van der Waals surface area contributed by atoms with Crippen LogP contribution in [0.5, 0.6) is 0 Å². The molecule has 3 rings (SSSR count). The molecule has 156 valence electrons. The van der Waals surface area contributed by atoms with E-state index in [1.807, 2.05) is 19.1 Å². The van der Waals surface area contributed by atoms with Crippen LogP contribution < -0.4 is 0 Å². The lowest BCUT2D eigenvalue weighted by Crippen LogP contribution is -2.06. The second kappa shape index (κ2) is 8.56. The molecule has 0 radical (unpaired) electrons. The van der Waals surface area contributed by atoms with Gasteiger partial charge in [0, 0.05) is 16.7 Å². The lowest BCUT2D eigenvalue weighted by atomic mass is 9.97. The van der Waals surface area contributed by atoms with E-state index >= 15 is 0 Å². The molecule has 0 amide bonds. The zero-order valence-corrected chi connectivity index (χ0v) is 16.4. The summed E-state index contributed by atoms with van der Waals surface area (Å²) in [5, 5.41) is -1.50. The average Bonchev–Trinajstić information content (AvgIpc) is 2.71. The van der Waals surface area contributed by atoms with Crippen molar-refractivity contribution in [1.82, 2.24) is 0 Å². The predicted molar refractivity (Wildman–Crippen MR) is 106 cm³/mol. The molecule has 0 unspecified atom stereocenters. The molecule has 7 heteroatoms. The zero-order chi connectivity index (χ0) is 22.1. The molecule has 0 bridgehead atoms. The minimum atomic E-state index is -4.81. The topological polar surface area (TPSA) is 0 Å². The molecule has 0 aliphatic heterocycles. The third-order valence-corrected chi connectivity index (χ3v) is 4.94. The molecule has 0 aliphatic carbocycles. The fourth-order valence-electron chi connectivity index (χ4n) is 2.95. The van der Waals surface area contributed by atoms with Gasteiger partial charge in [0.1, 0.15) is 10.8 Å². The second-order valence-corrected chi connectivity index (χ2v) is 6.97. The lowest BCUT2D eigenvalue weighted by Gasteiger charge is -2.11. The molecule has 0 aliphatic rings. The van der Waals surface area contributed by atoms with Gasteiger partial charge >= 0.3 is 6.18 Å². The van der Waals surface area contributed by atoms with Crippen LogP contribution in [0.15, 0.2) is 59.6 Å². The van der Waals surface area contributed by atoms with E-state index in [1.54, 1.807) is 12.1 Å². The third-order valence-electron chi connectivity index (χ3n) is 4.62. The quantitative estimate of drug-likeness (QED) is 0.359. The van der Waals surface area contributed by atoms with E-state index in [2.05, 4.69) is 0 Å². The van der Waals surface area contributed by atoms with E-state index in [4.69, 9.17) is 11.6 Å². The average molecular weight is 441 g/mol. The summed E-state index contributed by atoms with van der Waals surface area (Å²) < 4.78 is 81.2. The maximum atomic E-state index is 14.7. The monoisotopic (exact) mass is 440 g/mol. The van der Waals surface area contributed by atoms with Crippen molar-refractivity contribution < 1.29 is 26.3 Å². The molecule has 0 heterocycles. The maximum absolute atomic E-state index is 14.7. The molecule has 0 aromatic heterocycles. The molecular formula is C23H15ClF6.